The lowest BCUT2D eigenvalue weighted by atomic mass is 10.2. The van der Waals surface area contributed by atoms with Crippen LogP contribution in [0.3, 0.4) is 0 Å². The summed E-state index contributed by atoms with van der Waals surface area (Å²) in [7, 11) is 2.11. The average Bonchev–Trinajstić information content (AvgIpc) is 2.71. The predicted octanol–water partition coefficient (Wildman–Crippen LogP) is 1.19. The van der Waals surface area contributed by atoms with Crippen LogP contribution in [0.1, 0.15) is 32.6 Å². The van der Waals surface area contributed by atoms with Crippen LogP contribution >= 0.6 is 0 Å². The molecule has 0 aromatic heterocycles. The number of nitrogens with one attached hydrogen (secondary N) is 2. The molecule has 0 radical (unpaired) electrons. The summed E-state index contributed by atoms with van der Waals surface area (Å²) >= 11 is 0. The topological polar surface area (TPSA) is 92.2 Å². The Balaban J connectivity index is 0.000000411. The van der Waals surface area contributed by atoms with Crippen LogP contribution in [0.2, 0.25) is 0 Å². The Bertz CT molecular complexity index is 293. The smallest absolute Gasteiger partial charge is 0.199 e. The van der Waals surface area contributed by atoms with E-state index in [0.717, 1.165) is 6.67 Å². The summed E-state index contributed by atoms with van der Waals surface area (Å²) in [6.07, 6.45) is 11.2. The molecule has 6 heteroatoms. The summed E-state index contributed by atoms with van der Waals surface area (Å²) in [5, 5.41) is 15.9. The van der Waals surface area contributed by atoms with Crippen molar-refractivity contribution in [2.24, 2.45) is 5.73 Å². The molecule has 1 aliphatic heterocycles. The van der Waals surface area contributed by atoms with Crippen LogP contribution in [0.25, 0.3) is 0 Å². The summed E-state index contributed by atoms with van der Waals surface area (Å²) in [5.74, 6) is -0.322. The minimum Gasteiger partial charge on any atom is -0.369 e. The first kappa shape index (κ1) is 16.1. The molecule has 0 atom stereocenters. The number of nitrogens with two attached hydrogens (primary N) is 1. The number of rotatable bonds is 5. The molecule has 1 rings (SSSR count). The molecule has 0 aromatic carbocycles. The Morgan fingerprint density at radius 3 is 2.56 bits per heavy atom. The van der Waals surface area contributed by atoms with Crippen LogP contribution in [0.5, 0.6) is 0 Å². The normalized spacial score (nSPS) is 12.7. The third kappa shape index (κ3) is 9.33. The van der Waals surface area contributed by atoms with E-state index in [9.17, 15) is 0 Å². The zero-order valence-corrected chi connectivity index (χ0v) is 11.3. The maximum absolute atomic E-state index is 7.65. The van der Waals surface area contributed by atoms with Gasteiger partial charge in [0.05, 0.1) is 6.67 Å². The van der Waals surface area contributed by atoms with Crippen molar-refractivity contribution in [3.05, 3.63) is 12.4 Å². The van der Waals surface area contributed by atoms with Crippen LogP contribution in [-0.4, -0.2) is 36.0 Å². The van der Waals surface area contributed by atoms with Gasteiger partial charge in [0.2, 0.25) is 0 Å². The van der Waals surface area contributed by atoms with Crippen molar-refractivity contribution in [2.75, 3.05) is 20.3 Å². The fraction of sp³-hybridized carbons (Fsp3) is 0.667. The molecule has 0 bridgehead atoms. The number of hydrogen-bond donors (Lipinski definition) is 3. The molecular weight excluding hydrogens is 228 g/mol. The van der Waals surface area contributed by atoms with Gasteiger partial charge in [0.1, 0.15) is 0 Å². The van der Waals surface area contributed by atoms with Gasteiger partial charge in [-0.25, -0.2) is 0 Å². The van der Waals surface area contributed by atoms with Crippen LogP contribution in [-0.2, 0) is 0 Å². The molecule has 1 aliphatic rings. The van der Waals surface area contributed by atoms with E-state index in [2.05, 4.69) is 41.9 Å². The van der Waals surface area contributed by atoms with E-state index in [4.69, 9.17) is 10.7 Å². The SMILES string of the molecule is CCCCCCN1C=CN(C)C1.N#CNC(=N)N. The molecule has 0 saturated heterocycles. The lowest BCUT2D eigenvalue weighted by molar-refractivity contribution is 0.291. The summed E-state index contributed by atoms with van der Waals surface area (Å²) < 4.78 is 0. The van der Waals surface area contributed by atoms with Crippen molar-refractivity contribution >= 4 is 5.96 Å². The first-order valence-electron chi connectivity index (χ1n) is 6.22. The fourth-order valence-electron chi connectivity index (χ4n) is 1.54. The van der Waals surface area contributed by atoms with E-state index >= 15 is 0 Å². The zero-order valence-electron chi connectivity index (χ0n) is 11.3. The second-order valence-corrected chi connectivity index (χ2v) is 4.22. The number of guanidine groups is 1. The third-order valence-corrected chi connectivity index (χ3v) is 2.43. The Labute approximate surface area is 110 Å². The number of hydrogen-bond acceptors (Lipinski definition) is 4. The van der Waals surface area contributed by atoms with Gasteiger partial charge in [0.15, 0.2) is 12.2 Å². The van der Waals surface area contributed by atoms with E-state index in [1.54, 1.807) is 0 Å². The van der Waals surface area contributed by atoms with Gasteiger partial charge in [-0.1, -0.05) is 26.2 Å². The quantitative estimate of drug-likeness (QED) is 0.225. The predicted molar refractivity (Wildman–Crippen MR) is 73.3 cm³/mol. The summed E-state index contributed by atoms with van der Waals surface area (Å²) in [5.41, 5.74) is 4.65. The highest BCUT2D eigenvalue weighted by atomic mass is 15.3. The molecule has 18 heavy (non-hydrogen) atoms. The Morgan fingerprint density at radius 2 is 2.17 bits per heavy atom. The summed E-state index contributed by atoms with van der Waals surface area (Å²) in [6.45, 7) is 4.55. The number of unbranched alkanes of at least 4 members (excludes halogenated alkanes) is 3. The second kappa shape index (κ2) is 10.3. The Kier molecular flexibility index (Phi) is 9.18. The van der Waals surface area contributed by atoms with Gasteiger partial charge in [-0.05, 0) is 6.42 Å². The molecule has 1 heterocycles. The Morgan fingerprint density at radius 1 is 1.44 bits per heavy atom. The van der Waals surface area contributed by atoms with Crippen LogP contribution in [0, 0.1) is 16.9 Å². The van der Waals surface area contributed by atoms with E-state index in [0.29, 0.717) is 0 Å². The maximum Gasteiger partial charge on any atom is 0.199 e. The molecule has 102 valence electrons. The fourth-order valence-corrected chi connectivity index (χ4v) is 1.54. The highest BCUT2D eigenvalue weighted by Crippen LogP contribution is 2.06. The third-order valence-electron chi connectivity index (χ3n) is 2.43. The molecule has 6 nitrogen and oxygen atoms in total. The molecule has 4 N–H and O–H groups in total. The van der Waals surface area contributed by atoms with Gasteiger partial charge < -0.3 is 15.5 Å². The molecule has 0 amide bonds. The lowest BCUT2D eigenvalue weighted by Crippen LogP contribution is -2.25. The molecule has 0 aromatic rings. The van der Waals surface area contributed by atoms with Gasteiger partial charge in [-0.15, -0.1) is 0 Å². The minimum absolute atomic E-state index is 0.322. The standard InChI is InChI=1S/C10H20N2.C2H4N4/c1-3-4-5-6-7-12-9-8-11(2)10-12;3-1-6-2(4)5/h8-9H,3-7,10H2,1-2H3;(H4,4,5,6). The van der Waals surface area contributed by atoms with Crippen molar-refractivity contribution in [2.45, 2.75) is 32.6 Å². The zero-order chi connectivity index (χ0) is 13.8. The molecule has 0 spiro atoms. The number of nitriles is 1. The minimum atomic E-state index is -0.322. The van der Waals surface area contributed by atoms with E-state index in [-0.39, 0.29) is 5.96 Å². The highest BCUT2D eigenvalue weighted by molar-refractivity contribution is 5.75. The van der Waals surface area contributed by atoms with E-state index in [1.807, 2.05) is 5.32 Å². The van der Waals surface area contributed by atoms with Crippen molar-refractivity contribution in [1.82, 2.24) is 15.1 Å². The first-order valence-corrected chi connectivity index (χ1v) is 6.22. The van der Waals surface area contributed by atoms with Gasteiger partial charge in [-0.3, -0.25) is 10.7 Å². The average molecular weight is 252 g/mol. The van der Waals surface area contributed by atoms with Crippen LogP contribution in [0.4, 0.5) is 0 Å². The van der Waals surface area contributed by atoms with Gasteiger partial charge in [0, 0.05) is 26.0 Å². The van der Waals surface area contributed by atoms with E-state index < -0.39 is 0 Å². The highest BCUT2D eigenvalue weighted by Gasteiger charge is 2.06. The van der Waals surface area contributed by atoms with Crippen LogP contribution in [0.15, 0.2) is 12.4 Å². The van der Waals surface area contributed by atoms with Crippen LogP contribution < -0.4 is 11.1 Å². The molecular formula is C12H24N6. The van der Waals surface area contributed by atoms with Gasteiger partial charge in [0.25, 0.3) is 0 Å². The molecule has 0 saturated carbocycles. The van der Waals surface area contributed by atoms with Crippen molar-refractivity contribution in [3.8, 4) is 6.19 Å². The van der Waals surface area contributed by atoms with Crippen molar-refractivity contribution in [3.63, 3.8) is 0 Å². The first-order chi connectivity index (χ1) is 8.60. The van der Waals surface area contributed by atoms with E-state index in [1.165, 1.54) is 38.4 Å². The maximum atomic E-state index is 7.65. The largest absolute Gasteiger partial charge is 0.369 e. The van der Waals surface area contributed by atoms with Crippen molar-refractivity contribution < 1.29 is 0 Å². The van der Waals surface area contributed by atoms with Gasteiger partial charge >= 0.3 is 0 Å². The Hall–Kier alpha value is -1.90. The summed E-state index contributed by atoms with van der Waals surface area (Å²) in [4.78, 5) is 4.58. The molecule has 0 fully saturated rings. The second-order valence-electron chi connectivity index (χ2n) is 4.22. The number of nitrogens with zero attached hydrogens (tertiary/aromatic N) is 3. The monoisotopic (exact) mass is 252 g/mol. The molecule has 0 aliphatic carbocycles. The molecule has 0 unspecified atom stereocenters. The van der Waals surface area contributed by atoms with Crippen molar-refractivity contribution in [1.29, 1.82) is 10.7 Å². The summed E-state index contributed by atoms with van der Waals surface area (Å²) in [6, 6.07) is 0. The van der Waals surface area contributed by atoms with Gasteiger partial charge in [-0.2, -0.15) is 5.26 Å². The lowest BCUT2D eigenvalue weighted by Gasteiger charge is -2.17.